The molecular formula is C31H38F2N6O7S. The molecule has 2 N–H and O–H groups in total. The second-order valence-electron chi connectivity index (χ2n) is 13.1. The topological polar surface area (TPSA) is 177 Å². The van der Waals surface area contributed by atoms with Crippen LogP contribution in [0.1, 0.15) is 76.8 Å². The van der Waals surface area contributed by atoms with Gasteiger partial charge in [-0.3, -0.25) is 19.1 Å². The number of nitrogens with zero attached hydrogens (tertiary/aromatic N) is 4. The molecule has 0 bridgehead atoms. The summed E-state index contributed by atoms with van der Waals surface area (Å²) in [6.45, 7) is 1.77. The van der Waals surface area contributed by atoms with Gasteiger partial charge in [0.1, 0.15) is 23.4 Å². The Kier molecular flexibility index (Phi) is 8.91. The van der Waals surface area contributed by atoms with Crippen LogP contribution in [0.4, 0.5) is 8.78 Å². The summed E-state index contributed by atoms with van der Waals surface area (Å²) in [6.07, 6.45) is -0.277. The minimum absolute atomic E-state index is 0.0222. The summed E-state index contributed by atoms with van der Waals surface area (Å²) < 4.78 is 63.7. The number of hydrogen-bond donors (Lipinski definition) is 2. The van der Waals surface area contributed by atoms with E-state index in [2.05, 4.69) is 20.5 Å². The number of carbonyl (C=O) groups is 3. The number of benzene rings is 1. The largest absolute Gasteiger partial charge is 0.471 e. The molecule has 0 radical (unpaired) electrons. The van der Waals surface area contributed by atoms with Gasteiger partial charge in [0.05, 0.1) is 22.8 Å². The van der Waals surface area contributed by atoms with Crippen LogP contribution < -0.4 is 14.8 Å². The lowest BCUT2D eigenvalue weighted by molar-refractivity contribution is -0.140. The van der Waals surface area contributed by atoms with E-state index in [9.17, 15) is 27.7 Å². The Morgan fingerprint density at radius 2 is 1.83 bits per heavy atom. The van der Waals surface area contributed by atoms with Gasteiger partial charge in [0, 0.05) is 19.3 Å². The number of hydrogen-bond acceptors (Lipinski definition) is 10. The van der Waals surface area contributed by atoms with Crippen LogP contribution in [0.3, 0.4) is 0 Å². The van der Waals surface area contributed by atoms with Crippen LogP contribution in [-0.2, 0) is 30.8 Å². The molecule has 5 atom stereocenters. The van der Waals surface area contributed by atoms with Gasteiger partial charge in [-0.2, -0.15) is 0 Å². The van der Waals surface area contributed by atoms with Gasteiger partial charge in [0.15, 0.2) is 6.04 Å². The maximum atomic E-state index is 15.1. The zero-order valence-corrected chi connectivity index (χ0v) is 26.8. The van der Waals surface area contributed by atoms with Gasteiger partial charge in [0.25, 0.3) is 11.8 Å². The third-order valence-corrected chi connectivity index (χ3v) is 11.4. The third kappa shape index (κ3) is 6.92. The van der Waals surface area contributed by atoms with Crippen molar-refractivity contribution >= 4 is 38.8 Å². The van der Waals surface area contributed by atoms with Crippen molar-refractivity contribution in [1.29, 1.82) is 0 Å². The summed E-state index contributed by atoms with van der Waals surface area (Å²) in [6, 6.07) is 4.62. The van der Waals surface area contributed by atoms with E-state index in [4.69, 9.17) is 4.74 Å². The molecule has 2 aliphatic heterocycles. The van der Waals surface area contributed by atoms with Crippen molar-refractivity contribution in [2.24, 2.45) is 11.1 Å². The molecule has 13 nitrogen and oxygen atoms in total. The number of aromatic nitrogens is 2. The number of carbonyl (C=O) groups excluding carboxylic acids is 3. The third-order valence-electron chi connectivity index (χ3n) is 9.60. The van der Waals surface area contributed by atoms with Crippen molar-refractivity contribution in [2.75, 3.05) is 6.54 Å². The van der Waals surface area contributed by atoms with E-state index >= 15 is 8.78 Å². The first kappa shape index (κ1) is 33.1. The monoisotopic (exact) mass is 676 g/mol. The standard InChI is InChI=1S/C31H38F2N6O7S/c1-2-21-27(35-23-9-6-5-8-22(23)34-21)46-19-14-25-26(40)36-31(29(42)38-47(44,45)20-11-12-20)16-18(31)15-30(32,33)13-7-3-4-10-24(37-43)28(41)39(25)17-19/h5-6,8-9,18-20,24-25H,2-4,7,10-17H2,1H3,(H,36,40)(H,38,42)/t18-,19-,24+,25+,31-/m1/s1. The van der Waals surface area contributed by atoms with Crippen LogP contribution in [0, 0.1) is 10.8 Å². The molecule has 2 saturated carbocycles. The van der Waals surface area contributed by atoms with Gasteiger partial charge >= 0.3 is 0 Å². The molecule has 47 heavy (non-hydrogen) atoms. The number of halogens is 2. The van der Waals surface area contributed by atoms with E-state index < -0.39 is 81.4 Å². The summed E-state index contributed by atoms with van der Waals surface area (Å²) in [7, 11) is -4.04. The average Bonchev–Trinajstić information content (AvgIpc) is 3.95. The fourth-order valence-corrected chi connectivity index (χ4v) is 8.06. The molecule has 16 heteroatoms. The fraction of sp³-hybridized carbons (Fsp3) is 0.645. The van der Waals surface area contributed by atoms with Crippen molar-refractivity contribution in [3.8, 4) is 5.88 Å². The number of nitrogens with one attached hydrogen (secondary N) is 2. The molecule has 3 amide bonds. The predicted octanol–water partition coefficient (Wildman–Crippen LogP) is 3.15. The second-order valence-corrected chi connectivity index (χ2v) is 15.1. The number of fused-ring (bicyclic) bond motifs is 3. The minimum Gasteiger partial charge on any atom is -0.471 e. The van der Waals surface area contributed by atoms with Crippen LogP contribution in [-0.4, -0.2) is 82.5 Å². The molecule has 0 unspecified atom stereocenters. The van der Waals surface area contributed by atoms with Gasteiger partial charge < -0.3 is 15.0 Å². The number of amides is 3. The summed E-state index contributed by atoms with van der Waals surface area (Å²) >= 11 is 0. The average molecular weight is 677 g/mol. The van der Waals surface area contributed by atoms with Crippen molar-refractivity contribution in [3.63, 3.8) is 0 Å². The first-order chi connectivity index (χ1) is 22.4. The predicted molar refractivity (Wildman–Crippen MR) is 165 cm³/mol. The SMILES string of the molecule is CCc1nc2ccccc2nc1O[C@@H]1C[C@H]2C(=O)N[C@]3(C(=O)NS(=O)(=O)C4CC4)C[C@H]3CC(F)(F)CCCCC[C@H](N=O)C(=O)N2C1. The molecule has 4 aliphatic rings. The molecule has 0 spiro atoms. The first-order valence-electron chi connectivity index (χ1n) is 16.2. The van der Waals surface area contributed by atoms with E-state index in [0.717, 1.165) is 0 Å². The van der Waals surface area contributed by atoms with Crippen LogP contribution in [0.5, 0.6) is 5.88 Å². The minimum atomic E-state index is -4.04. The molecule has 254 valence electrons. The van der Waals surface area contributed by atoms with Gasteiger partial charge in [0.2, 0.25) is 27.7 Å². The van der Waals surface area contributed by atoms with E-state index in [1.807, 2.05) is 23.8 Å². The lowest BCUT2D eigenvalue weighted by Gasteiger charge is -2.28. The molecule has 4 fully saturated rings. The molecule has 1 aromatic heterocycles. The smallest absolute Gasteiger partial charge is 0.259 e. The van der Waals surface area contributed by atoms with Gasteiger partial charge in [-0.15, -0.1) is 4.91 Å². The number of rotatable bonds is 7. The maximum absolute atomic E-state index is 15.1. The van der Waals surface area contributed by atoms with Crippen LogP contribution in [0.15, 0.2) is 29.4 Å². The Hall–Kier alpha value is -3.82. The van der Waals surface area contributed by atoms with Crippen molar-refractivity contribution in [1.82, 2.24) is 24.9 Å². The zero-order chi connectivity index (χ0) is 33.6. The molecule has 2 saturated heterocycles. The van der Waals surface area contributed by atoms with Crippen LogP contribution in [0.2, 0.25) is 0 Å². The summed E-state index contributed by atoms with van der Waals surface area (Å²) in [5.41, 5.74) is -0.0948. The van der Waals surface area contributed by atoms with Crippen LogP contribution in [0.25, 0.3) is 11.0 Å². The van der Waals surface area contributed by atoms with Gasteiger partial charge in [-0.1, -0.05) is 37.1 Å². The van der Waals surface area contributed by atoms with E-state index in [1.54, 1.807) is 12.1 Å². The van der Waals surface area contributed by atoms with Crippen molar-refractivity contribution in [2.45, 2.75) is 112 Å². The Labute approximate surface area is 270 Å². The number of sulfonamides is 1. The Morgan fingerprint density at radius 1 is 1.11 bits per heavy atom. The Morgan fingerprint density at radius 3 is 2.51 bits per heavy atom. The molecule has 3 heterocycles. The molecule has 2 aliphatic carbocycles. The second kappa shape index (κ2) is 12.7. The number of nitroso groups, excluding NO2 is 1. The molecule has 2 aromatic rings. The van der Waals surface area contributed by atoms with Crippen molar-refractivity contribution < 1.29 is 36.3 Å². The number of aryl methyl sites for hydroxylation is 1. The fourth-order valence-electron chi connectivity index (χ4n) is 6.70. The highest BCUT2D eigenvalue weighted by molar-refractivity contribution is 7.91. The Balaban J connectivity index is 1.30. The summed E-state index contributed by atoms with van der Waals surface area (Å²) in [5, 5.41) is 4.84. The van der Waals surface area contributed by atoms with Gasteiger partial charge in [-0.05, 0) is 56.6 Å². The summed E-state index contributed by atoms with van der Waals surface area (Å²) in [4.78, 5) is 63.4. The van der Waals surface area contributed by atoms with E-state index in [-0.39, 0.29) is 38.1 Å². The zero-order valence-electron chi connectivity index (χ0n) is 26.0. The molecular weight excluding hydrogens is 638 g/mol. The Bertz CT molecular complexity index is 1690. The van der Waals surface area contributed by atoms with Crippen LogP contribution >= 0.6 is 0 Å². The van der Waals surface area contributed by atoms with E-state index in [0.29, 0.717) is 48.8 Å². The lowest BCUT2D eigenvalue weighted by Crippen LogP contribution is -2.57. The summed E-state index contributed by atoms with van der Waals surface area (Å²) in [5.74, 6) is -6.60. The number of alkyl halides is 2. The number of para-hydroxylation sites is 2. The number of ether oxygens (including phenoxy) is 1. The van der Waals surface area contributed by atoms with Gasteiger partial charge in [-0.25, -0.2) is 27.2 Å². The highest BCUT2D eigenvalue weighted by Gasteiger charge is 2.65. The normalized spacial score (nSPS) is 29.9. The quantitative estimate of drug-likeness (QED) is 0.417. The highest BCUT2D eigenvalue weighted by Crippen LogP contribution is 2.51. The molecule has 6 rings (SSSR count). The van der Waals surface area contributed by atoms with Crippen molar-refractivity contribution in [3.05, 3.63) is 34.9 Å². The first-order valence-corrected chi connectivity index (χ1v) is 17.7. The maximum Gasteiger partial charge on any atom is 0.259 e. The van der Waals surface area contributed by atoms with E-state index in [1.165, 1.54) is 4.90 Å². The highest BCUT2D eigenvalue weighted by atomic mass is 32.2. The lowest BCUT2D eigenvalue weighted by atomic mass is 10.00. The molecule has 1 aromatic carbocycles.